The van der Waals surface area contributed by atoms with Crippen LogP contribution in [-0.4, -0.2) is 23.0 Å². The minimum Gasteiger partial charge on any atom is -0.482 e. The molecular weight excluding hydrogens is 310 g/mol. The first kappa shape index (κ1) is 15.8. The van der Waals surface area contributed by atoms with Gasteiger partial charge in [-0.2, -0.15) is 0 Å². The number of aromatic nitrogens is 1. The Kier molecular flexibility index (Phi) is 4.07. The van der Waals surface area contributed by atoms with E-state index in [4.69, 9.17) is 4.74 Å². The molecule has 1 aliphatic heterocycles. The second kappa shape index (κ2) is 6.19. The van der Waals surface area contributed by atoms with Gasteiger partial charge in [-0.25, -0.2) is 0 Å². The summed E-state index contributed by atoms with van der Waals surface area (Å²) in [5.74, 6) is 0.0538. The molecule has 1 aliphatic rings. The molecular formula is C17H17N3O4. The molecule has 0 radical (unpaired) electrons. The first-order valence-corrected chi connectivity index (χ1v) is 7.48. The Labute approximate surface area is 138 Å². The van der Waals surface area contributed by atoms with E-state index in [1.807, 2.05) is 13.0 Å². The van der Waals surface area contributed by atoms with Gasteiger partial charge in [0.2, 0.25) is 0 Å². The quantitative estimate of drug-likeness (QED) is 0.887. The van der Waals surface area contributed by atoms with Crippen LogP contribution in [0.4, 0.5) is 5.69 Å². The number of hydrogen-bond acceptors (Lipinski definition) is 4. The smallest absolute Gasteiger partial charge is 0.262 e. The van der Waals surface area contributed by atoms with Crippen LogP contribution < -0.4 is 20.9 Å². The molecule has 1 aromatic heterocycles. The number of fused-ring (bicyclic) bond motifs is 1. The van der Waals surface area contributed by atoms with Crippen LogP contribution >= 0.6 is 0 Å². The lowest BCUT2D eigenvalue weighted by Gasteiger charge is -2.21. The Bertz CT molecular complexity index is 872. The summed E-state index contributed by atoms with van der Waals surface area (Å²) in [4.78, 5) is 35.3. The van der Waals surface area contributed by atoms with Crippen molar-refractivity contribution in [3.8, 4) is 5.75 Å². The zero-order chi connectivity index (χ0) is 17.3. The van der Waals surface area contributed by atoms with E-state index in [-0.39, 0.29) is 30.0 Å². The monoisotopic (exact) mass is 327 g/mol. The van der Waals surface area contributed by atoms with Gasteiger partial charge in [0.15, 0.2) is 6.61 Å². The number of carbonyl (C=O) groups excluding carboxylic acids is 2. The van der Waals surface area contributed by atoms with E-state index in [1.54, 1.807) is 31.4 Å². The number of amides is 2. The molecule has 0 aliphatic carbocycles. The Morgan fingerprint density at radius 2 is 2.08 bits per heavy atom. The minimum absolute atomic E-state index is 0.00159. The zero-order valence-electron chi connectivity index (χ0n) is 13.3. The highest BCUT2D eigenvalue weighted by Crippen LogP contribution is 2.30. The third-order valence-electron chi connectivity index (χ3n) is 3.85. The minimum atomic E-state index is -0.335. The summed E-state index contributed by atoms with van der Waals surface area (Å²) >= 11 is 0. The Morgan fingerprint density at radius 1 is 1.29 bits per heavy atom. The molecule has 0 fully saturated rings. The lowest BCUT2D eigenvalue weighted by atomic mass is 10.1. The number of nitrogens with zero attached hydrogens (tertiary/aromatic N) is 1. The van der Waals surface area contributed by atoms with Crippen molar-refractivity contribution in [3.63, 3.8) is 0 Å². The molecule has 24 heavy (non-hydrogen) atoms. The van der Waals surface area contributed by atoms with Crippen molar-refractivity contribution < 1.29 is 14.3 Å². The van der Waals surface area contributed by atoms with Gasteiger partial charge in [0.25, 0.3) is 17.4 Å². The average molecular weight is 327 g/mol. The molecule has 1 aromatic carbocycles. The van der Waals surface area contributed by atoms with E-state index < -0.39 is 0 Å². The van der Waals surface area contributed by atoms with E-state index >= 15 is 0 Å². The second-order valence-corrected chi connectivity index (χ2v) is 5.65. The van der Waals surface area contributed by atoms with Crippen molar-refractivity contribution in [2.75, 3.05) is 11.9 Å². The first-order valence-electron chi connectivity index (χ1n) is 7.48. The fraction of sp³-hybridized carbons (Fsp3) is 0.235. The summed E-state index contributed by atoms with van der Waals surface area (Å²) < 4.78 is 6.70. The maximum atomic E-state index is 12.3. The molecule has 0 saturated heterocycles. The fourth-order valence-electron chi connectivity index (χ4n) is 2.42. The number of hydrogen-bond donors (Lipinski definition) is 2. The van der Waals surface area contributed by atoms with E-state index in [0.29, 0.717) is 17.0 Å². The van der Waals surface area contributed by atoms with Crippen LogP contribution in [0, 0.1) is 0 Å². The van der Waals surface area contributed by atoms with Crippen LogP contribution in [0.2, 0.25) is 0 Å². The SMILES string of the molecule is C[C@@H](NC(=O)c1ccn(C)c(=O)c1)c1ccc2c(c1)NC(=O)CO2. The Balaban J connectivity index is 1.77. The highest BCUT2D eigenvalue weighted by molar-refractivity contribution is 5.96. The van der Waals surface area contributed by atoms with Crippen LogP contribution in [0.3, 0.4) is 0 Å². The Morgan fingerprint density at radius 3 is 2.83 bits per heavy atom. The fourth-order valence-corrected chi connectivity index (χ4v) is 2.42. The zero-order valence-corrected chi connectivity index (χ0v) is 13.3. The van der Waals surface area contributed by atoms with E-state index in [1.165, 1.54) is 10.6 Å². The number of carbonyl (C=O) groups is 2. The number of aryl methyl sites for hydroxylation is 1. The maximum absolute atomic E-state index is 12.3. The Hall–Kier alpha value is -3.09. The summed E-state index contributed by atoms with van der Waals surface area (Å²) in [6.45, 7) is 1.83. The van der Waals surface area contributed by atoms with Crippen LogP contribution in [0.15, 0.2) is 41.3 Å². The highest BCUT2D eigenvalue weighted by atomic mass is 16.5. The number of anilines is 1. The molecule has 0 bridgehead atoms. The third kappa shape index (κ3) is 3.15. The van der Waals surface area contributed by atoms with Gasteiger partial charge in [-0.05, 0) is 30.7 Å². The van der Waals surface area contributed by atoms with Crippen molar-refractivity contribution in [1.82, 2.24) is 9.88 Å². The molecule has 7 nitrogen and oxygen atoms in total. The van der Waals surface area contributed by atoms with Crippen molar-refractivity contribution in [3.05, 3.63) is 58.0 Å². The largest absolute Gasteiger partial charge is 0.482 e. The van der Waals surface area contributed by atoms with Gasteiger partial charge in [0, 0.05) is 24.9 Å². The predicted molar refractivity (Wildman–Crippen MR) is 88.1 cm³/mol. The number of ether oxygens (including phenoxy) is 1. The topological polar surface area (TPSA) is 89.4 Å². The summed E-state index contributed by atoms with van der Waals surface area (Å²) in [6, 6.07) is 7.93. The molecule has 7 heteroatoms. The molecule has 0 saturated carbocycles. The van der Waals surface area contributed by atoms with Crippen LogP contribution in [0.5, 0.6) is 5.75 Å². The summed E-state index contributed by atoms with van der Waals surface area (Å²) in [5, 5.41) is 5.57. The molecule has 2 aromatic rings. The van der Waals surface area contributed by atoms with Crippen molar-refractivity contribution in [2.45, 2.75) is 13.0 Å². The standard InChI is InChI=1S/C17H17N3O4/c1-10(18-17(23)12-5-6-20(2)16(22)8-12)11-3-4-14-13(7-11)19-15(21)9-24-14/h3-8,10H,9H2,1-2H3,(H,18,23)(H,19,21)/t10-/m1/s1. The maximum Gasteiger partial charge on any atom is 0.262 e. The number of pyridine rings is 1. The molecule has 124 valence electrons. The summed E-state index contributed by atoms with van der Waals surface area (Å²) in [7, 11) is 1.62. The van der Waals surface area contributed by atoms with Gasteiger partial charge in [-0.15, -0.1) is 0 Å². The van der Waals surface area contributed by atoms with Gasteiger partial charge < -0.3 is 19.9 Å². The molecule has 3 rings (SSSR count). The van der Waals surface area contributed by atoms with Crippen LogP contribution in [0.1, 0.15) is 28.9 Å². The van der Waals surface area contributed by atoms with Crippen molar-refractivity contribution in [1.29, 1.82) is 0 Å². The van der Waals surface area contributed by atoms with Crippen molar-refractivity contribution >= 4 is 17.5 Å². The molecule has 0 unspecified atom stereocenters. The van der Waals surface area contributed by atoms with E-state index in [2.05, 4.69) is 10.6 Å². The third-order valence-corrected chi connectivity index (χ3v) is 3.85. The van der Waals surface area contributed by atoms with Gasteiger partial charge in [0.05, 0.1) is 11.7 Å². The predicted octanol–water partition coefficient (Wildman–Crippen LogP) is 1.21. The number of rotatable bonds is 3. The van der Waals surface area contributed by atoms with Crippen LogP contribution in [-0.2, 0) is 11.8 Å². The molecule has 0 spiro atoms. The second-order valence-electron chi connectivity index (χ2n) is 5.65. The average Bonchev–Trinajstić information content (AvgIpc) is 2.56. The molecule has 1 atom stereocenters. The number of benzene rings is 1. The summed E-state index contributed by atoms with van der Waals surface area (Å²) in [5.41, 5.74) is 1.46. The summed E-state index contributed by atoms with van der Waals surface area (Å²) in [6.07, 6.45) is 1.55. The molecule has 2 N–H and O–H groups in total. The van der Waals surface area contributed by atoms with Crippen molar-refractivity contribution in [2.24, 2.45) is 7.05 Å². The lowest BCUT2D eigenvalue weighted by Crippen LogP contribution is -2.29. The van der Waals surface area contributed by atoms with Crippen LogP contribution in [0.25, 0.3) is 0 Å². The lowest BCUT2D eigenvalue weighted by molar-refractivity contribution is -0.118. The normalized spacial score (nSPS) is 14.2. The highest BCUT2D eigenvalue weighted by Gasteiger charge is 2.18. The van der Waals surface area contributed by atoms with E-state index in [9.17, 15) is 14.4 Å². The molecule has 2 amide bonds. The van der Waals surface area contributed by atoms with Gasteiger partial charge in [-0.3, -0.25) is 14.4 Å². The van der Waals surface area contributed by atoms with E-state index in [0.717, 1.165) is 5.56 Å². The number of nitrogens with one attached hydrogen (secondary N) is 2. The first-order chi connectivity index (χ1) is 11.4. The van der Waals surface area contributed by atoms with Gasteiger partial charge in [0.1, 0.15) is 5.75 Å². The van der Waals surface area contributed by atoms with Gasteiger partial charge >= 0.3 is 0 Å². The van der Waals surface area contributed by atoms with Gasteiger partial charge in [-0.1, -0.05) is 6.07 Å². The molecule has 2 heterocycles.